The quantitative estimate of drug-likeness (QED) is 0.774. The number of hydrogen-bond donors (Lipinski definition) is 0. The van der Waals surface area contributed by atoms with E-state index in [1.54, 1.807) is 11.1 Å². The number of piperazine rings is 1. The molecule has 1 saturated heterocycles. The Morgan fingerprint density at radius 3 is 2.83 bits per heavy atom. The fourth-order valence-corrected chi connectivity index (χ4v) is 5.32. The van der Waals surface area contributed by atoms with Crippen molar-refractivity contribution in [2.45, 2.75) is 71.1 Å². The summed E-state index contributed by atoms with van der Waals surface area (Å²) in [5.74, 6) is 0. The van der Waals surface area contributed by atoms with Gasteiger partial charge in [0.05, 0.1) is 12.1 Å². The van der Waals surface area contributed by atoms with Crippen LogP contribution in [0.1, 0.15) is 47.0 Å². The monoisotopic (exact) mass is 313 g/mol. The molecule has 3 heterocycles. The lowest BCUT2D eigenvalue weighted by Crippen LogP contribution is -2.68. The number of nitrogens with zero attached hydrogens (tertiary/aromatic N) is 3. The minimum absolute atomic E-state index is 0.600. The summed E-state index contributed by atoms with van der Waals surface area (Å²) in [4.78, 5) is 8.11. The van der Waals surface area contributed by atoms with Gasteiger partial charge in [0.15, 0.2) is 0 Å². The first-order valence-corrected chi connectivity index (χ1v) is 9.46. The molecular formula is C20H31N3. The van der Waals surface area contributed by atoms with E-state index >= 15 is 0 Å². The number of likely N-dealkylation sites (N-methyl/N-ethyl adjacent to an activating group) is 1. The zero-order chi connectivity index (χ0) is 16.1. The highest BCUT2D eigenvalue weighted by molar-refractivity contribution is 5.40. The summed E-state index contributed by atoms with van der Waals surface area (Å²) in [6, 6.07) is 2.49. The lowest BCUT2D eigenvalue weighted by Gasteiger charge is -2.55. The molecule has 3 heteroatoms. The summed E-state index contributed by atoms with van der Waals surface area (Å²) in [6.07, 6.45) is 11.0. The fraction of sp³-hybridized carbons (Fsp3) is 0.700. The van der Waals surface area contributed by atoms with E-state index in [4.69, 9.17) is 0 Å². The van der Waals surface area contributed by atoms with Crippen LogP contribution >= 0.6 is 0 Å². The van der Waals surface area contributed by atoms with Gasteiger partial charge in [0, 0.05) is 37.1 Å². The van der Waals surface area contributed by atoms with Crippen LogP contribution in [0, 0.1) is 0 Å². The number of allylic oxidation sites excluding steroid dienone is 2. The maximum absolute atomic E-state index is 2.78. The lowest BCUT2D eigenvalue weighted by atomic mass is 9.84. The van der Waals surface area contributed by atoms with Gasteiger partial charge in [-0.2, -0.15) is 0 Å². The number of fused-ring (bicyclic) bond motifs is 4. The van der Waals surface area contributed by atoms with Crippen molar-refractivity contribution < 1.29 is 0 Å². The van der Waals surface area contributed by atoms with Gasteiger partial charge in [-0.3, -0.25) is 9.80 Å². The molecule has 4 aliphatic rings. The first-order chi connectivity index (χ1) is 11.1. The summed E-state index contributed by atoms with van der Waals surface area (Å²) in [5, 5.41) is 0. The van der Waals surface area contributed by atoms with Crippen molar-refractivity contribution in [2.75, 3.05) is 19.6 Å². The van der Waals surface area contributed by atoms with E-state index in [1.165, 1.54) is 38.0 Å². The van der Waals surface area contributed by atoms with E-state index in [2.05, 4.69) is 60.7 Å². The summed E-state index contributed by atoms with van der Waals surface area (Å²) in [6.45, 7) is 13.0. The highest BCUT2D eigenvalue weighted by Crippen LogP contribution is 2.44. The van der Waals surface area contributed by atoms with Gasteiger partial charge in [0.25, 0.3) is 0 Å². The normalized spacial score (nSPS) is 34.6. The molecule has 1 unspecified atom stereocenters. The smallest absolute Gasteiger partial charge is 0.0548 e. The molecule has 126 valence electrons. The van der Waals surface area contributed by atoms with Crippen molar-refractivity contribution in [3.63, 3.8) is 0 Å². The van der Waals surface area contributed by atoms with E-state index in [9.17, 15) is 0 Å². The molecule has 0 spiro atoms. The van der Waals surface area contributed by atoms with Gasteiger partial charge in [-0.05, 0) is 63.8 Å². The average molecular weight is 313 g/mol. The third-order valence-corrected chi connectivity index (χ3v) is 6.36. The second-order valence-corrected chi connectivity index (χ2v) is 7.88. The third kappa shape index (κ3) is 2.32. The van der Waals surface area contributed by atoms with Crippen LogP contribution in [-0.2, 0) is 0 Å². The van der Waals surface area contributed by atoms with Crippen LogP contribution in [0.5, 0.6) is 0 Å². The van der Waals surface area contributed by atoms with Crippen LogP contribution in [0.3, 0.4) is 0 Å². The maximum atomic E-state index is 2.78. The Morgan fingerprint density at radius 1 is 1.26 bits per heavy atom. The Balaban J connectivity index is 1.74. The van der Waals surface area contributed by atoms with E-state index in [1.807, 2.05) is 0 Å². The largest absolute Gasteiger partial charge is 0.343 e. The zero-order valence-electron chi connectivity index (χ0n) is 15.1. The molecule has 3 nitrogen and oxygen atoms in total. The maximum Gasteiger partial charge on any atom is 0.0548 e. The minimum atomic E-state index is 0.600. The first-order valence-electron chi connectivity index (χ1n) is 9.46. The Bertz CT molecular complexity index is 571. The SMILES string of the molecule is CCN1CCN(C(C)C)[C@@H]2C1C(C)=CN1C3=C(CCC=C3)C[C@@H]21. The standard InChI is InChI=1S/C20H31N3/c1-5-21-10-11-22(14(2)3)20-18-12-16-8-6-7-9-17(16)23(18)13-15(4)19(20)21/h7,9,13-14,18-20H,5-6,8,10-12H2,1-4H3/t18-,19?,20-/m0/s1. The molecule has 4 rings (SSSR count). The van der Waals surface area contributed by atoms with Gasteiger partial charge in [0.2, 0.25) is 0 Å². The predicted molar refractivity (Wildman–Crippen MR) is 96.1 cm³/mol. The van der Waals surface area contributed by atoms with Crippen molar-refractivity contribution in [2.24, 2.45) is 0 Å². The average Bonchev–Trinajstić information content (AvgIpc) is 2.92. The molecule has 3 atom stereocenters. The van der Waals surface area contributed by atoms with Crippen LogP contribution in [0.25, 0.3) is 0 Å². The summed E-state index contributed by atoms with van der Waals surface area (Å²) < 4.78 is 0. The van der Waals surface area contributed by atoms with E-state index < -0.39 is 0 Å². The molecule has 0 N–H and O–H groups in total. The van der Waals surface area contributed by atoms with Crippen molar-refractivity contribution in [1.29, 1.82) is 0 Å². The summed E-state index contributed by atoms with van der Waals surface area (Å²) in [5.41, 5.74) is 4.75. The van der Waals surface area contributed by atoms with E-state index in [0.29, 0.717) is 24.2 Å². The summed E-state index contributed by atoms with van der Waals surface area (Å²) in [7, 11) is 0. The third-order valence-electron chi connectivity index (χ3n) is 6.36. The molecule has 0 aromatic carbocycles. The molecule has 1 fully saturated rings. The fourth-order valence-electron chi connectivity index (χ4n) is 5.32. The summed E-state index contributed by atoms with van der Waals surface area (Å²) >= 11 is 0. The molecule has 3 aliphatic heterocycles. The topological polar surface area (TPSA) is 9.72 Å². The van der Waals surface area contributed by atoms with E-state index in [-0.39, 0.29) is 0 Å². The zero-order valence-corrected chi connectivity index (χ0v) is 15.1. The molecule has 0 amide bonds. The Morgan fingerprint density at radius 2 is 2.09 bits per heavy atom. The minimum Gasteiger partial charge on any atom is -0.343 e. The molecule has 0 saturated carbocycles. The molecule has 0 aromatic heterocycles. The van der Waals surface area contributed by atoms with Gasteiger partial charge in [-0.1, -0.05) is 13.0 Å². The van der Waals surface area contributed by atoms with Crippen LogP contribution in [0.15, 0.2) is 35.2 Å². The molecule has 1 aliphatic carbocycles. The van der Waals surface area contributed by atoms with Crippen LogP contribution in [0.4, 0.5) is 0 Å². The molecular weight excluding hydrogens is 282 g/mol. The number of rotatable bonds is 2. The van der Waals surface area contributed by atoms with Crippen LogP contribution < -0.4 is 0 Å². The van der Waals surface area contributed by atoms with Crippen molar-refractivity contribution in [3.8, 4) is 0 Å². The second kappa shape index (κ2) is 5.78. The number of hydrogen-bond acceptors (Lipinski definition) is 3. The van der Waals surface area contributed by atoms with Crippen LogP contribution in [0.2, 0.25) is 0 Å². The molecule has 23 heavy (non-hydrogen) atoms. The first kappa shape index (κ1) is 15.5. The Labute approximate surface area is 141 Å². The second-order valence-electron chi connectivity index (χ2n) is 7.88. The molecule has 0 radical (unpaired) electrons. The van der Waals surface area contributed by atoms with E-state index in [0.717, 1.165) is 6.54 Å². The highest BCUT2D eigenvalue weighted by atomic mass is 15.4. The Hall–Kier alpha value is -1.06. The highest BCUT2D eigenvalue weighted by Gasteiger charge is 2.49. The van der Waals surface area contributed by atoms with Gasteiger partial charge < -0.3 is 4.90 Å². The Kier molecular flexibility index (Phi) is 3.89. The van der Waals surface area contributed by atoms with Crippen LogP contribution in [-0.4, -0.2) is 58.5 Å². The molecule has 0 aromatic rings. The predicted octanol–water partition coefficient (Wildman–Crippen LogP) is 3.37. The van der Waals surface area contributed by atoms with Crippen molar-refractivity contribution in [1.82, 2.24) is 14.7 Å². The van der Waals surface area contributed by atoms with Gasteiger partial charge in [0.1, 0.15) is 0 Å². The van der Waals surface area contributed by atoms with Crippen molar-refractivity contribution in [3.05, 3.63) is 35.2 Å². The van der Waals surface area contributed by atoms with Gasteiger partial charge in [-0.25, -0.2) is 0 Å². The van der Waals surface area contributed by atoms with Crippen molar-refractivity contribution >= 4 is 0 Å². The van der Waals surface area contributed by atoms with Gasteiger partial charge in [-0.15, -0.1) is 0 Å². The lowest BCUT2D eigenvalue weighted by molar-refractivity contribution is -0.0195. The molecule has 0 bridgehead atoms. The van der Waals surface area contributed by atoms with Gasteiger partial charge >= 0.3 is 0 Å².